The van der Waals surface area contributed by atoms with Gasteiger partial charge in [-0.05, 0) is 76.3 Å². The van der Waals surface area contributed by atoms with Crippen molar-refractivity contribution in [1.29, 1.82) is 0 Å². The number of likely N-dealkylation sites (tertiary alicyclic amines) is 1. The number of carbonyl (C=O) groups is 2. The van der Waals surface area contributed by atoms with E-state index < -0.39 is 17.4 Å². The van der Waals surface area contributed by atoms with Gasteiger partial charge >= 0.3 is 0 Å². The summed E-state index contributed by atoms with van der Waals surface area (Å²) in [5, 5.41) is 3.94. The standard InChI is InChI=1S/C29H37FN6O2/c1-18-16-36(23-12-11-20(30)14-21(18)23)25-15-22(33-17-34-25)24-10-7-13-35(24)27(37)26(19-8-5-4-6-9-19)29(2,32-3)28(31)38/h11-12,14-17,19,24,26,32H,4-10,13H2,1-3H3,(H2,31,38)/t24-,26+,29?/m0/s1. The number of rotatable bonds is 7. The Bertz CT molecular complexity index is 1350. The Morgan fingerprint density at radius 3 is 2.61 bits per heavy atom. The van der Waals surface area contributed by atoms with Crippen molar-refractivity contribution in [2.75, 3.05) is 13.6 Å². The number of primary amides is 1. The van der Waals surface area contributed by atoms with Crippen LogP contribution in [0.3, 0.4) is 0 Å². The molecular weight excluding hydrogens is 483 g/mol. The van der Waals surface area contributed by atoms with Crippen LogP contribution in [0.4, 0.5) is 4.39 Å². The second-order valence-electron chi connectivity index (χ2n) is 11.0. The molecular formula is C29H37FN6O2. The Kier molecular flexibility index (Phi) is 7.22. The van der Waals surface area contributed by atoms with Crippen LogP contribution in [-0.2, 0) is 9.59 Å². The minimum atomic E-state index is -1.14. The van der Waals surface area contributed by atoms with E-state index in [1.165, 1.54) is 18.5 Å². The van der Waals surface area contributed by atoms with Crippen LogP contribution in [0, 0.1) is 24.6 Å². The van der Waals surface area contributed by atoms with Crippen molar-refractivity contribution in [2.45, 2.75) is 70.4 Å². The second-order valence-corrected chi connectivity index (χ2v) is 11.0. The number of aryl methyl sites for hydroxylation is 1. The number of halogens is 1. The van der Waals surface area contributed by atoms with E-state index >= 15 is 0 Å². The molecule has 1 saturated carbocycles. The Morgan fingerprint density at radius 2 is 1.89 bits per heavy atom. The van der Waals surface area contributed by atoms with Gasteiger partial charge in [-0.25, -0.2) is 14.4 Å². The lowest BCUT2D eigenvalue weighted by Gasteiger charge is -2.42. The Balaban J connectivity index is 1.50. The SMILES string of the molecule is CNC(C)(C(N)=O)[C@@H](C(=O)N1CCC[C@H]1c1cc(-n2cc(C)c3cc(F)ccc32)ncn1)C1CCCCC1. The van der Waals surface area contributed by atoms with Crippen LogP contribution in [-0.4, -0.2) is 50.4 Å². The zero-order valence-corrected chi connectivity index (χ0v) is 22.4. The van der Waals surface area contributed by atoms with E-state index in [0.29, 0.717) is 12.4 Å². The van der Waals surface area contributed by atoms with Crippen LogP contribution in [0.2, 0.25) is 0 Å². The number of carbonyl (C=O) groups excluding carboxylic acids is 2. The number of hydrogen-bond donors (Lipinski definition) is 2. The van der Waals surface area contributed by atoms with Crippen molar-refractivity contribution in [2.24, 2.45) is 17.6 Å². The summed E-state index contributed by atoms with van der Waals surface area (Å²) in [6.45, 7) is 4.32. The Morgan fingerprint density at radius 1 is 1.13 bits per heavy atom. The molecule has 0 radical (unpaired) electrons. The molecule has 0 spiro atoms. The number of hydrogen-bond acceptors (Lipinski definition) is 5. The number of nitrogens with two attached hydrogens (primary N) is 1. The topological polar surface area (TPSA) is 106 Å². The normalized spacial score (nSPS) is 20.9. The number of nitrogens with one attached hydrogen (secondary N) is 1. The molecule has 1 aliphatic heterocycles. The van der Waals surface area contributed by atoms with E-state index in [2.05, 4.69) is 15.3 Å². The minimum Gasteiger partial charge on any atom is -0.368 e. The lowest BCUT2D eigenvalue weighted by atomic mass is 9.69. The third kappa shape index (κ3) is 4.57. The van der Waals surface area contributed by atoms with Crippen LogP contribution < -0.4 is 11.1 Å². The fourth-order valence-corrected chi connectivity index (χ4v) is 6.57. The van der Waals surface area contributed by atoms with Crippen molar-refractivity contribution in [3.63, 3.8) is 0 Å². The van der Waals surface area contributed by atoms with Crippen LogP contribution >= 0.6 is 0 Å². The first-order valence-electron chi connectivity index (χ1n) is 13.6. The molecule has 2 aliphatic rings. The van der Waals surface area contributed by atoms with Gasteiger partial charge in [0, 0.05) is 24.2 Å². The lowest BCUT2D eigenvalue weighted by Crippen LogP contribution is -2.63. The number of amides is 2. The summed E-state index contributed by atoms with van der Waals surface area (Å²) >= 11 is 0. The molecule has 3 heterocycles. The van der Waals surface area contributed by atoms with E-state index in [1.54, 1.807) is 20.0 Å². The van der Waals surface area contributed by atoms with Crippen LogP contribution in [0.5, 0.6) is 0 Å². The van der Waals surface area contributed by atoms with Crippen molar-refractivity contribution in [1.82, 2.24) is 24.8 Å². The summed E-state index contributed by atoms with van der Waals surface area (Å²) < 4.78 is 15.8. The van der Waals surface area contributed by atoms with Gasteiger partial charge < -0.3 is 20.5 Å². The molecule has 2 fully saturated rings. The predicted molar refractivity (Wildman–Crippen MR) is 144 cm³/mol. The maximum Gasteiger partial charge on any atom is 0.238 e. The summed E-state index contributed by atoms with van der Waals surface area (Å²) in [4.78, 5) is 38.0. The largest absolute Gasteiger partial charge is 0.368 e. The minimum absolute atomic E-state index is 0.0343. The predicted octanol–water partition coefficient (Wildman–Crippen LogP) is 4.19. The summed E-state index contributed by atoms with van der Waals surface area (Å²) in [5.41, 5.74) is 7.32. The monoisotopic (exact) mass is 520 g/mol. The maximum absolute atomic E-state index is 14.3. The Labute approximate surface area is 222 Å². The Hall–Kier alpha value is -3.33. The van der Waals surface area contributed by atoms with Crippen LogP contribution in [0.15, 0.2) is 36.8 Å². The highest BCUT2D eigenvalue weighted by molar-refractivity contribution is 5.93. The van der Waals surface area contributed by atoms with E-state index in [4.69, 9.17) is 5.73 Å². The quantitative estimate of drug-likeness (QED) is 0.486. The van der Waals surface area contributed by atoms with E-state index in [0.717, 1.165) is 67.1 Å². The smallest absolute Gasteiger partial charge is 0.238 e. The van der Waals surface area contributed by atoms with Gasteiger partial charge in [-0.1, -0.05) is 19.3 Å². The molecule has 1 aliphatic carbocycles. The number of benzene rings is 1. The zero-order chi connectivity index (χ0) is 27.0. The van der Waals surface area contributed by atoms with Gasteiger partial charge in [0.2, 0.25) is 11.8 Å². The first-order valence-corrected chi connectivity index (χ1v) is 13.6. The fraction of sp³-hybridized carbons (Fsp3) is 0.517. The van der Waals surface area contributed by atoms with Gasteiger partial charge in [-0.15, -0.1) is 0 Å². The van der Waals surface area contributed by atoms with Gasteiger partial charge in [-0.2, -0.15) is 0 Å². The van der Waals surface area contributed by atoms with E-state index in [9.17, 15) is 14.0 Å². The average molecular weight is 521 g/mol. The number of likely N-dealkylation sites (N-methyl/N-ethyl adjacent to an activating group) is 1. The summed E-state index contributed by atoms with van der Waals surface area (Å²) in [5.74, 6) is -0.599. The summed E-state index contributed by atoms with van der Waals surface area (Å²) in [7, 11) is 1.71. The molecule has 3 N–H and O–H groups in total. The van der Waals surface area contributed by atoms with Gasteiger partial charge in [0.25, 0.3) is 0 Å². The number of fused-ring (bicyclic) bond motifs is 1. The molecule has 2 aromatic heterocycles. The zero-order valence-electron chi connectivity index (χ0n) is 22.4. The molecule has 8 nitrogen and oxygen atoms in total. The van der Waals surface area contributed by atoms with Gasteiger partial charge in [0.15, 0.2) is 0 Å². The molecule has 1 unspecified atom stereocenters. The highest BCUT2D eigenvalue weighted by atomic mass is 19.1. The van der Waals surface area contributed by atoms with Crippen molar-refractivity contribution in [3.05, 3.63) is 53.9 Å². The van der Waals surface area contributed by atoms with Crippen LogP contribution in [0.25, 0.3) is 16.7 Å². The molecule has 2 amide bonds. The average Bonchev–Trinajstić information content (AvgIpc) is 3.54. The number of aromatic nitrogens is 3. The van der Waals surface area contributed by atoms with Crippen molar-refractivity contribution < 1.29 is 14.0 Å². The highest BCUT2D eigenvalue weighted by Gasteiger charge is 2.50. The molecule has 9 heteroatoms. The summed E-state index contributed by atoms with van der Waals surface area (Å²) in [6.07, 6.45) is 10.2. The molecule has 38 heavy (non-hydrogen) atoms. The second kappa shape index (κ2) is 10.4. The lowest BCUT2D eigenvalue weighted by molar-refractivity contribution is -0.147. The van der Waals surface area contributed by atoms with Crippen molar-refractivity contribution in [3.8, 4) is 5.82 Å². The molecule has 202 valence electrons. The summed E-state index contributed by atoms with van der Waals surface area (Å²) in [6, 6.07) is 6.43. The van der Waals surface area contributed by atoms with Crippen molar-refractivity contribution >= 4 is 22.7 Å². The number of nitrogens with zero attached hydrogens (tertiary/aromatic N) is 4. The third-order valence-corrected chi connectivity index (χ3v) is 8.80. The van der Waals surface area contributed by atoms with E-state index in [-0.39, 0.29) is 23.7 Å². The molecule has 3 aromatic rings. The molecule has 0 bridgehead atoms. The first kappa shape index (κ1) is 26.3. The molecule has 3 atom stereocenters. The van der Waals surface area contributed by atoms with Gasteiger partial charge in [0.1, 0.15) is 23.5 Å². The van der Waals surface area contributed by atoms with Gasteiger partial charge in [-0.3, -0.25) is 9.59 Å². The fourth-order valence-electron chi connectivity index (χ4n) is 6.57. The third-order valence-electron chi connectivity index (χ3n) is 8.80. The van der Waals surface area contributed by atoms with Crippen LogP contribution in [0.1, 0.15) is 69.2 Å². The first-order chi connectivity index (χ1) is 18.2. The molecule has 1 saturated heterocycles. The van der Waals surface area contributed by atoms with Gasteiger partial charge in [0.05, 0.1) is 23.2 Å². The maximum atomic E-state index is 14.3. The highest BCUT2D eigenvalue weighted by Crippen LogP contribution is 2.41. The van der Waals surface area contributed by atoms with E-state index in [1.807, 2.05) is 28.7 Å². The molecule has 5 rings (SSSR count). The molecule has 1 aromatic carbocycles.